The van der Waals surface area contributed by atoms with Crippen LogP contribution in [0.4, 0.5) is 4.79 Å². The van der Waals surface area contributed by atoms with E-state index in [2.05, 4.69) is 5.32 Å². The Morgan fingerprint density at radius 2 is 1.77 bits per heavy atom. The van der Waals surface area contributed by atoms with Crippen LogP contribution in [0.1, 0.15) is 46.6 Å². The molecule has 2 N–H and O–H groups in total. The molecule has 0 radical (unpaired) electrons. The van der Waals surface area contributed by atoms with Crippen LogP contribution in [-0.2, 0) is 20.9 Å². The SMILES string of the molecule is CC(C)[C@@H](COCc1ccccc1)C[C@H](NC(=O)OC(C)(C)C)C(=O)O. The lowest BCUT2D eigenvalue weighted by atomic mass is 9.90. The van der Waals surface area contributed by atoms with E-state index in [9.17, 15) is 14.7 Å². The molecule has 26 heavy (non-hydrogen) atoms. The number of carbonyl (C=O) groups excluding carboxylic acids is 1. The molecule has 0 aromatic heterocycles. The maximum atomic E-state index is 11.9. The number of carboxylic acid groups (broad SMARTS) is 1. The van der Waals surface area contributed by atoms with E-state index in [4.69, 9.17) is 9.47 Å². The predicted molar refractivity (Wildman–Crippen MR) is 99.8 cm³/mol. The number of alkyl carbamates (subject to hydrolysis) is 1. The number of aliphatic carboxylic acids is 1. The number of rotatable bonds is 9. The Kier molecular flexibility index (Phi) is 8.58. The Morgan fingerprint density at radius 1 is 1.15 bits per heavy atom. The smallest absolute Gasteiger partial charge is 0.408 e. The molecular weight excluding hydrogens is 334 g/mol. The highest BCUT2D eigenvalue weighted by Gasteiger charge is 2.28. The van der Waals surface area contributed by atoms with Crippen LogP contribution in [-0.4, -0.2) is 35.4 Å². The van der Waals surface area contributed by atoms with Crippen LogP contribution < -0.4 is 5.32 Å². The van der Waals surface area contributed by atoms with Crippen LogP contribution in [0.25, 0.3) is 0 Å². The van der Waals surface area contributed by atoms with Gasteiger partial charge in [-0.15, -0.1) is 0 Å². The van der Waals surface area contributed by atoms with Crippen molar-refractivity contribution in [1.82, 2.24) is 5.32 Å². The highest BCUT2D eigenvalue weighted by atomic mass is 16.6. The minimum atomic E-state index is -1.08. The van der Waals surface area contributed by atoms with Crippen molar-refractivity contribution in [3.8, 4) is 0 Å². The molecule has 0 bridgehead atoms. The zero-order valence-electron chi connectivity index (χ0n) is 16.3. The van der Waals surface area contributed by atoms with E-state index in [-0.39, 0.29) is 18.3 Å². The molecule has 146 valence electrons. The van der Waals surface area contributed by atoms with Gasteiger partial charge in [0.1, 0.15) is 11.6 Å². The summed E-state index contributed by atoms with van der Waals surface area (Å²) >= 11 is 0. The first-order chi connectivity index (χ1) is 12.1. The quantitative estimate of drug-likeness (QED) is 0.694. The van der Waals surface area contributed by atoms with Gasteiger partial charge in [0, 0.05) is 0 Å². The first-order valence-corrected chi connectivity index (χ1v) is 8.92. The van der Waals surface area contributed by atoms with Crippen LogP contribution in [0.15, 0.2) is 30.3 Å². The lowest BCUT2D eigenvalue weighted by molar-refractivity contribution is -0.140. The maximum absolute atomic E-state index is 11.9. The summed E-state index contributed by atoms with van der Waals surface area (Å²) in [7, 11) is 0. The summed E-state index contributed by atoms with van der Waals surface area (Å²) < 4.78 is 10.9. The van der Waals surface area contributed by atoms with Crippen LogP contribution in [0, 0.1) is 11.8 Å². The number of carboxylic acids is 1. The minimum Gasteiger partial charge on any atom is -0.480 e. The van der Waals surface area contributed by atoms with Crippen molar-refractivity contribution in [3.63, 3.8) is 0 Å². The number of ether oxygens (including phenoxy) is 2. The van der Waals surface area contributed by atoms with Gasteiger partial charge in [-0.2, -0.15) is 0 Å². The molecule has 0 heterocycles. The van der Waals surface area contributed by atoms with E-state index in [0.717, 1.165) is 5.56 Å². The van der Waals surface area contributed by atoms with Crippen molar-refractivity contribution in [2.24, 2.45) is 11.8 Å². The van der Waals surface area contributed by atoms with E-state index in [0.29, 0.717) is 13.2 Å². The molecule has 0 saturated heterocycles. The third kappa shape index (κ3) is 8.85. The molecule has 1 rings (SSSR count). The maximum Gasteiger partial charge on any atom is 0.408 e. The Labute approximate surface area is 155 Å². The van der Waals surface area contributed by atoms with Crippen molar-refractivity contribution < 1.29 is 24.2 Å². The fourth-order valence-corrected chi connectivity index (χ4v) is 2.41. The number of hydrogen-bond donors (Lipinski definition) is 2. The van der Waals surface area contributed by atoms with E-state index in [1.165, 1.54) is 0 Å². The second-order valence-corrected chi connectivity index (χ2v) is 7.78. The third-order valence-electron chi connectivity index (χ3n) is 3.91. The molecule has 2 atom stereocenters. The summed E-state index contributed by atoms with van der Waals surface area (Å²) in [4.78, 5) is 23.4. The van der Waals surface area contributed by atoms with Gasteiger partial charge in [-0.25, -0.2) is 9.59 Å². The topological polar surface area (TPSA) is 84.9 Å². The highest BCUT2D eigenvalue weighted by Crippen LogP contribution is 2.19. The van der Waals surface area contributed by atoms with Crippen molar-refractivity contribution in [3.05, 3.63) is 35.9 Å². The zero-order valence-corrected chi connectivity index (χ0v) is 16.3. The molecule has 0 saturated carbocycles. The number of hydrogen-bond acceptors (Lipinski definition) is 4. The molecule has 0 spiro atoms. The van der Waals surface area contributed by atoms with Crippen LogP contribution in [0.3, 0.4) is 0 Å². The normalized spacial score (nSPS) is 13.9. The third-order valence-corrected chi connectivity index (χ3v) is 3.91. The summed E-state index contributed by atoms with van der Waals surface area (Å²) in [5.74, 6) is -0.868. The van der Waals surface area contributed by atoms with Crippen LogP contribution in [0.2, 0.25) is 0 Å². The fraction of sp³-hybridized carbons (Fsp3) is 0.600. The minimum absolute atomic E-state index is 0.00486. The van der Waals surface area contributed by atoms with E-state index < -0.39 is 23.7 Å². The second-order valence-electron chi connectivity index (χ2n) is 7.78. The summed E-state index contributed by atoms with van der Waals surface area (Å²) in [5.41, 5.74) is 0.389. The summed E-state index contributed by atoms with van der Waals surface area (Å²) in [6.45, 7) is 10.1. The summed E-state index contributed by atoms with van der Waals surface area (Å²) in [6.07, 6.45) is -0.446. The monoisotopic (exact) mass is 365 g/mol. The van der Waals surface area contributed by atoms with Crippen molar-refractivity contribution in [2.45, 2.75) is 59.3 Å². The number of nitrogens with one attached hydrogen (secondary N) is 1. The number of amides is 1. The Balaban J connectivity index is 2.60. The van der Waals surface area contributed by atoms with Gasteiger partial charge in [-0.05, 0) is 44.6 Å². The molecule has 0 aliphatic heterocycles. The zero-order chi connectivity index (χ0) is 19.7. The fourth-order valence-electron chi connectivity index (χ4n) is 2.41. The van der Waals surface area contributed by atoms with Crippen molar-refractivity contribution in [2.75, 3.05) is 6.61 Å². The average Bonchev–Trinajstić information content (AvgIpc) is 2.51. The highest BCUT2D eigenvalue weighted by molar-refractivity contribution is 5.80. The molecule has 0 fully saturated rings. The van der Waals surface area contributed by atoms with Gasteiger partial charge < -0.3 is 19.9 Å². The largest absolute Gasteiger partial charge is 0.480 e. The molecule has 0 aliphatic carbocycles. The van der Waals surface area contributed by atoms with E-state index in [1.807, 2.05) is 44.2 Å². The van der Waals surface area contributed by atoms with Crippen LogP contribution >= 0.6 is 0 Å². The molecule has 0 unspecified atom stereocenters. The standard InChI is InChI=1S/C20H31NO5/c1-14(2)16(13-25-12-15-9-7-6-8-10-15)11-17(18(22)23)21-19(24)26-20(3,4)5/h6-10,14,16-17H,11-13H2,1-5H3,(H,21,24)(H,22,23)/t16-,17+/m1/s1. The Morgan fingerprint density at radius 3 is 2.27 bits per heavy atom. The molecule has 6 heteroatoms. The van der Waals surface area contributed by atoms with Gasteiger partial charge >= 0.3 is 12.1 Å². The van der Waals surface area contributed by atoms with E-state index in [1.54, 1.807) is 20.8 Å². The van der Waals surface area contributed by atoms with Gasteiger partial charge in [-0.3, -0.25) is 0 Å². The molecule has 1 aromatic carbocycles. The predicted octanol–water partition coefficient (Wildman–Crippen LogP) is 3.84. The lowest BCUT2D eigenvalue weighted by Crippen LogP contribution is -2.45. The van der Waals surface area contributed by atoms with E-state index >= 15 is 0 Å². The lowest BCUT2D eigenvalue weighted by Gasteiger charge is -2.26. The van der Waals surface area contributed by atoms with Crippen molar-refractivity contribution >= 4 is 12.1 Å². The molecule has 1 amide bonds. The first kappa shape index (κ1) is 22.0. The van der Waals surface area contributed by atoms with Gasteiger partial charge in [0.05, 0.1) is 13.2 Å². The molecule has 0 aliphatic rings. The van der Waals surface area contributed by atoms with Gasteiger partial charge in [0.2, 0.25) is 0 Å². The van der Waals surface area contributed by atoms with Gasteiger partial charge in [-0.1, -0.05) is 44.2 Å². The number of carbonyl (C=O) groups is 2. The molecular formula is C20H31NO5. The first-order valence-electron chi connectivity index (χ1n) is 8.92. The van der Waals surface area contributed by atoms with Crippen molar-refractivity contribution in [1.29, 1.82) is 0 Å². The Hall–Kier alpha value is -2.08. The Bertz CT molecular complexity index is 565. The summed E-state index contributed by atoms with van der Waals surface area (Å²) in [6, 6.07) is 8.79. The van der Waals surface area contributed by atoms with Gasteiger partial charge in [0.25, 0.3) is 0 Å². The number of benzene rings is 1. The second kappa shape index (κ2) is 10.2. The molecule has 1 aromatic rings. The molecule has 6 nitrogen and oxygen atoms in total. The summed E-state index contributed by atoms with van der Waals surface area (Å²) in [5, 5.41) is 11.9. The average molecular weight is 365 g/mol. The van der Waals surface area contributed by atoms with Crippen LogP contribution in [0.5, 0.6) is 0 Å². The van der Waals surface area contributed by atoms with Gasteiger partial charge in [0.15, 0.2) is 0 Å².